The zero-order valence-corrected chi connectivity index (χ0v) is 15.8. The van der Waals surface area contributed by atoms with Gasteiger partial charge in [0.1, 0.15) is 12.1 Å². The summed E-state index contributed by atoms with van der Waals surface area (Å²) in [5, 5.41) is 7.19. The number of anilines is 1. The largest absolute Gasteiger partial charge is 0.307 e. The molecule has 0 saturated heterocycles. The van der Waals surface area contributed by atoms with Crippen molar-refractivity contribution in [3.8, 4) is 0 Å². The molecule has 0 saturated carbocycles. The Hall–Kier alpha value is -3.21. The lowest BCUT2D eigenvalue weighted by Crippen LogP contribution is -2.16. The first kappa shape index (κ1) is 18.6. The molecule has 5 heteroatoms. The maximum Gasteiger partial charge on any atom is 0.256 e. The minimum Gasteiger partial charge on any atom is -0.307 e. The number of carbonyl (C=O) groups excluding carboxylic acids is 2. The molecule has 0 fully saturated rings. The summed E-state index contributed by atoms with van der Waals surface area (Å²) in [6, 6.07) is 16.7. The Labute approximate surface area is 159 Å². The molecule has 1 aromatic heterocycles. The number of benzene rings is 2. The first-order valence-electron chi connectivity index (χ1n) is 8.84. The summed E-state index contributed by atoms with van der Waals surface area (Å²) in [4.78, 5) is 23.2. The van der Waals surface area contributed by atoms with E-state index < -0.39 is 0 Å². The average molecular weight is 361 g/mol. The van der Waals surface area contributed by atoms with E-state index in [1.807, 2.05) is 0 Å². The van der Waals surface area contributed by atoms with Gasteiger partial charge in [-0.25, -0.2) is 4.68 Å². The van der Waals surface area contributed by atoms with E-state index in [1.165, 1.54) is 5.56 Å². The van der Waals surface area contributed by atoms with E-state index in [2.05, 4.69) is 55.5 Å². The third-order valence-electron chi connectivity index (χ3n) is 4.42. The van der Waals surface area contributed by atoms with Crippen molar-refractivity contribution in [3.63, 3.8) is 0 Å². The molecular formula is C22H23N3O2. The van der Waals surface area contributed by atoms with Crippen LogP contribution in [0, 0.1) is 0 Å². The normalized spacial score (nSPS) is 11.2. The summed E-state index contributed by atoms with van der Waals surface area (Å²) in [6.45, 7) is 7.12. The SMILES string of the molecule is CC(C)(C)c1ccc(Cn2nccc2NC(=O)c2ccc(C=O)cc2)cc1. The second-order valence-electron chi connectivity index (χ2n) is 7.52. The number of nitrogens with one attached hydrogen (secondary N) is 1. The fraction of sp³-hybridized carbons (Fsp3) is 0.227. The average Bonchev–Trinajstić information content (AvgIpc) is 3.08. The van der Waals surface area contributed by atoms with Crippen molar-refractivity contribution in [3.05, 3.63) is 83.0 Å². The van der Waals surface area contributed by atoms with Gasteiger partial charge in [0, 0.05) is 17.2 Å². The lowest BCUT2D eigenvalue weighted by molar-refractivity contribution is 0.102. The highest BCUT2D eigenvalue weighted by Crippen LogP contribution is 2.22. The van der Waals surface area contributed by atoms with Crippen molar-refractivity contribution in [1.29, 1.82) is 0 Å². The molecule has 0 radical (unpaired) electrons. The number of carbonyl (C=O) groups is 2. The summed E-state index contributed by atoms with van der Waals surface area (Å²) >= 11 is 0. The van der Waals surface area contributed by atoms with Gasteiger partial charge in [-0.15, -0.1) is 0 Å². The first-order valence-corrected chi connectivity index (χ1v) is 8.84. The minimum absolute atomic E-state index is 0.114. The predicted octanol–water partition coefficient (Wildman–Crippen LogP) is 4.29. The molecule has 3 rings (SSSR count). The summed E-state index contributed by atoms with van der Waals surface area (Å²) in [5.41, 5.74) is 3.53. The summed E-state index contributed by atoms with van der Waals surface area (Å²) in [6.07, 6.45) is 2.41. The van der Waals surface area contributed by atoms with Crippen LogP contribution in [0.3, 0.4) is 0 Å². The molecule has 0 bridgehead atoms. The van der Waals surface area contributed by atoms with Crippen LogP contribution in [-0.2, 0) is 12.0 Å². The van der Waals surface area contributed by atoms with Crippen LogP contribution < -0.4 is 5.32 Å². The van der Waals surface area contributed by atoms with E-state index in [9.17, 15) is 9.59 Å². The van der Waals surface area contributed by atoms with Crippen molar-refractivity contribution in [1.82, 2.24) is 9.78 Å². The molecular weight excluding hydrogens is 338 g/mol. The predicted molar refractivity (Wildman–Crippen MR) is 106 cm³/mol. The molecule has 1 heterocycles. The van der Waals surface area contributed by atoms with Gasteiger partial charge in [-0.3, -0.25) is 9.59 Å². The third-order valence-corrected chi connectivity index (χ3v) is 4.42. The molecule has 0 atom stereocenters. The molecule has 5 nitrogen and oxygen atoms in total. The van der Waals surface area contributed by atoms with Gasteiger partial charge < -0.3 is 5.32 Å². The Morgan fingerprint density at radius 3 is 2.30 bits per heavy atom. The number of amides is 1. The Balaban J connectivity index is 1.72. The molecule has 138 valence electrons. The van der Waals surface area contributed by atoms with E-state index >= 15 is 0 Å². The van der Waals surface area contributed by atoms with E-state index in [0.717, 1.165) is 11.8 Å². The Morgan fingerprint density at radius 1 is 1.04 bits per heavy atom. The van der Waals surface area contributed by atoms with E-state index in [-0.39, 0.29) is 11.3 Å². The van der Waals surface area contributed by atoms with Gasteiger partial charge in [-0.1, -0.05) is 57.2 Å². The lowest BCUT2D eigenvalue weighted by atomic mass is 9.87. The van der Waals surface area contributed by atoms with E-state index in [0.29, 0.717) is 23.5 Å². The van der Waals surface area contributed by atoms with Crippen LogP contribution in [0.5, 0.6) is 0 Å². The second-order valence-corrected chi connectivity index (χ2v) is 7.52. The molecule has 0 unspecified atom stereocenters. The van der Waals surface area contributed by atoms with Crippen LogP contribution in [0.1, 0.15) is 52.6 Å². The lowest BCUT2D eigenvalue weighted by Gasteiger charge is -2.19. The first-order chi connectivity index (χ1) is 12.9. The summed E-state index contributed by atoms with van der Waals surface area (Å²) < 4.78 is 1.75. The molecule has 2 aromatic carbocycles. The molecule has 0 aliphatic rings. The molecule has 1 N–H and O–H groups in total. The molecule has 0 aliphatic carbocycles. The molecule has 3 aromatic rings. The van der Waals surface area contributed by atoms with Crippen LogP contribution in [-0.4, -0.2) is 22.0 Å². The number of rotatable bonds is 5. The van der Waals surface area contributed by atoms with Crippen LogP contribution in [0.25, 0.3) is 0 Å². The number of hydrogen-bond donors (Lipinski definition) is 1. The van der Waals surface area contributed by atoms with Crippen LogP contribution in [0.4, 0.5) is 5.82 Å². The highest BCUT2D eigenvalue weighted by molar-refractivity contribution is 6.04. The maximum atomic E-state index is 12.4. The quantitative estimate of drug-likeness (QED) is 0.689. The second kappa shape index (κ2) is 7.58. The molecule has 0 aliphatic heterocycles. The van der Waals surface area contributed by atoms with Gasteiger partial charge in [0.25, 0.3) is 5.91 Å². The van der Waals surface area contributed by atoms with Gasteiger partial charge in [0.2, 0.25) is 0 Å². The number of hydrogen-bond acceptors (Lipinski definition) is 3. The Morgan fingerprint density at radius 2 is 1.70 bits per heavy atom. The van der Waals surface area contributed by atoms with Gasteiger partial charge in [0.15, 0.2) is 0 Å². The van der Waals surface area contributed by atoms with Crippen LogP contribution in [0.15, 0.2) is 60.8 Å². The minimum atomic E-state index is -0.239. The fourth-order valence-electron chi connectivity index (χ4n) is 2.75. The Kier molecular flexibility index (Phi) is 5.21. The summed E-state index contributed by atoms with van der Waals surface area (Å²) in [7, 11) is 0. The van der Waals surface area contributed by atoms with Crippen molar-refractivity contribution >= 4 is 18.0 Å². The van der Waals surface area contributed by atoms with Crippen molar-refractivity contribution in [2.75, 3.05) is 5.32 Å². The molecule has 0 spiro atoms. The number of aldehydes is 1. The Bertz CT molecular complexity index is 933. The van der Waals surface area contributed by atoms with Crippen molar-refractivity contribution < 1.29 is 9.59 Å². The summed E-state index contributed by atoms with van der Waals surface area (Å²) in [5.74, 6) is 0.386. The fourth-order valence-corrected chi connectivity index (χ4v) is 2.75. The van der Waals surface area contributed by atoms with Gasteiger partial charge in [-0.05, 0) is 28.7 Å². The zero-order chi connectivity index (χ0) is 19.4. The molecule has 1 amide bonds. The van der Waals surface area contributed by atoms with Crippen LogP contribution in [0.2, 0.25) is 0 Å². The van der Waals surface area contributed by atoms with Crippen LogP contribution >= 0.6 is 0 Å². The third kappa shape index (κ3) is 4.50. The standard InChI is InChI=1S/C22H23N3O2/c1-22(2,3)19-10-6-16(7-11-19)14-25-20(12-13-23-25)24-21(27)18-8-4-17(15-26)5-9-18/h4-13,15H,14H2,1-3H3,(H,24,27). The van der Waals surface area contributed by atoms with E-state index in [1.54, 1.807) is 41.2 Å². The van der Waals surface area contributed by atoms with Crippen molar-refractivity contribution in [2.45, 2.75) is 32.7 Å². The maximum absolute atomic E-state index is 12.4. The molecule has 27 heavy (non-hydrogen) atoms. The highest BCUT2D eigenvalue weighted by atomic mass is 16.1. The van der Waals surface area contributed by atoms with Gasteiger partial charge in [-0.2, -0.15) is 5.10 Å². The topological polar surface area (TPSA) is 64.0 Å². The van der Waals surface area contributed by atoms with Gasteiger partial charge in [0.05, 0.1) is 12.7 Å². The number of nitrogens with zero attached hydrogens (tertiary/aromatic N) is 2. The smallest absolute Gasteiger partial charge is 0.256 e. The zero-order valence-electron chi connectivity index (χ0n) is 15.8. The highest BCUT2D eigenvalue weighted by Gasteiger charge is 2.14. The number of aromatic nitrogens is 2. The monoisotopic (exact) mass is 361 g/mol. The van der Waals surface area contributed by atoms with E-state index in [4.69, 9.17) is 0 Å². The van der Waals surface area contributed by atoms with Crippen molar-refractivity contribution in [2.24, 2.45) is 0 Å². The van der Waals surface area contributed by atoms with Gasteiger partial charge >= 0.3 is 0 Å².